The van der Waals surface area contributed by atoms with Crippen LogP contribution in [0.1, 0.15) is 12.5 Å². The zero-order valence-electron chi connectivity index (χ0n) is 16.6. The summed E-state index contributed by atoms with van der Waals surface area (Å²) < 4.78 is 16.4. The van der Waals surface area contributed by atoms with Crippen LogP contribution in [0.4, 0.5) is 10.5 Å². The molecule has 30 heavy (non-hydrogen) atoms. The highest BCUT2D eigenvalue weighted by molar-refractivity contribution is 5.88. The largest absolute Gasteiger partial charge is 0.493 e. The molecule has 2 rings (SSSR count). The van der Waals surface area contributed by atoms with Gasteiger partial charge < -0.3 is 30.4 Å². The fourth-order valence-corrected chi connectivity index (χ4v) is 2.32. The molecule has 1 atom stereocenters. The van der Waals surface area contributed by atoms with Crippen LogP contribution >= 0.6 is 0 Å². The van der Waals surface area contributed by atoms with Gasteiger partial charge in [0.25, 0.3) is 0 Å². The van der Waals surface area contributed by atoms with Crippen molar-refractivity contribution in [3.8, 4) is 17.2 Å². The number of hydrogen-bond acceptors (Lipinski definition) is 7. The van der Waals surface area contributed by atoms with Gasteiger partial charge in [0.05, 0.1) is 13.3 Å². The van der Waals surface area contributed by atoms with Crippen molar-refractivity contribution >= 4 is 23.8 Å². The SMILES string of the molecule is COc1cc(/C=N/NC(N)=O)ccc1OCC(O)COc1ccc(NC(C)=O)cc1. The average Bonchev–Trinajstić information content (AvgIpc) is 2.71. The minimum absolute atomic E-state index is 0.0169. The van der Waals surface area contributed by atoms with E-state index in [4.69, 9.17) is 19.9 Å². The number of methoxy groups -OCH3 is 1. The summed E-state index contributed by atoms with van der Waals surface area (Å²) in [6.45, 7) is 1.43. The van der Waals surface area contributed by atoms with E-state index < -0.39 is 12.1 Å². The maximum Gasteiger partial charge on any atom is 0.332 e. The Kier molecular flexibility index (Phi) is 8.45. The van der Waals surface area contributed by atoms with Gasteiger partial charge in [-0.15, -0.1) is 0 Å². The van der Waals surface area contributed by atoms with Crippen molar-refractivity contribution in [1.82, 2.24) is 5.43 Å². The Hall–Kier alpha value is -3.79. The average molecular weight is 416 g/mol. The topological polar surface area (TPSA) is 145 Å². The summed E-state index contributed by atoms with van der Waals surface area (Å²) in [4.78, 5) is 21.6. The number of nitrogens with two attached hydrogens (primary N) is 1. The second-order valence-electron chi connectivity index (χ2n) is 6.13. The Labute approximate surface area is 173 Å². The minimum atomic E-state index is -0.884. The summed E-state index contributed by atoms with van der Waals surface area (Å²) in [6, 6.07) is 11.0. The normalized spacial score (nSPS) is 11.6. The third kappa shape index (κ3) is 7.68. The van der Waals surface area contributed by atoms with Gasteiger partial charge in [-0.25, -0.2) is 10.2 Å². The molecule has 10 heteroatoms. The molecule has 10 nitrogen and oxygen atoms in total. The number of urea groups is 1. The number of rotatable bonds is 10. The zero-order chi connectivity index (χ0) is 21.9. The van der Waals surface area contributed by atoms with Gasteiger partial charge in [-0.2, -0.15) is 5.10 Å². The van der Waals surface area contributed by atoms with Gasteiger partial charge in [0.2, 0.25) is 5.91 Å². The smallest absolute Gasteiger partial charge is 0.332 e. The number of nitrogens with zero attached hydrogens (tertiary/aromatic N) is 1. The molecule has 160 valence electrons. The van der Waals surface area contributed by atoms with Crippen molar-refractivity contribution in [2.24, 2.45) is 10.8 Å². The van der Waals surface area contributed by atoms with Crippen LogP contribution in [0.15, 0.2) is 47.6 Å². The molecule has 0 aromatic heterocycles. The molecular formula is C20H24N4O6. The third-order valence-corrected chi connectivity index (χ3v) is 3.62. The molecule has 3 amide bonds. The number of nitrogens with one attached hydrogen (secondary N) is 2. The number of anilines is 1. The number of aliphatic hydroxyl groups excluding tert-OH is 1. The molecule has 2 aromatic rings. The molecule has 0 radical (unpaired) electrons. The fraction of sp³-hybridized carbons (Fsp3) is 0.250. The third-order valence-electron chi connectivity index (χ3n) is 3.62. The number of aliphatic hydroxyl groups is 1. The molecule has 5 N–H and O–H groups in total. The van der Waals surface area contributed by atoms with Gasteiger partial charge in [-0.1, -0.05) is 0 Å². The number of benzene rings is 2. The summed E-state index contributed by atoms with van der Waals surface area (Å²) in [5.74, 6) is 1.25. The maximum atomic E-state index is 11.0. The predicted molar refractivity (Wildman–Crippen MR) is 111 cm³/mol. The molecule has 1 unspecified atom stereocenters. The molecule has 0 aliphatic carbocycles. The lowest BCUT2D eigenvalue weighted by atomic mass is 10.2. The second-order valence-corrected chi connectivity index (χ2v) is 6.13. The summed E-state index contributed by atoms with van der Waals surface area (Å²) in [5.41, 5.74) is 8.34. The van der Waals surface area contributed by atoms with Crippen LogP contribution in [0.5, 0.6) is 17.2 Å². The first-order chi connectivity index (χ1) is 14.4. The molecule has 0 spiro atoms. The molecule has 2 aromatic carbocycles. The van der Waals surface area contributed by atoms with E-state index in [1.54, 1.807) is 42.5 Å². The minimum Gasteiger partial charge on any atom is -0.493 e. The standard InChI is InChI=1S/C20H24N4O6/c1-13(25)23-15-4-6-17(7-5-15)29-11-16(26)12-30-18-8-3-14(9-19(18)28-2)10-22-24-20(21)27/h3-10,16,26H,11-12H2,1-2H3,(H,23,25)(H3,21,24,27)/b22-10+. The van der Waals surface area contributed by atoms with E-state index in [-0.39, 0.29) is 19.1 Å². The van der Waals surface area contributed by atoms with Crippen molar-refractivity contribution < 1.29 is 28.9 Å². The molecule has 0 bridgehead atoms. The predicted octanol–water partition coefficient (Wildman–Crippen LogP) is 1.47. The first-order valence-electron chi connectivity index (χ1n) is 8.95. The van der Waals surface area contributed by atoms with Crippen molar-refractivity contribution in [2.75, 3.05) is 25.6 Å². The number of carbonyl (C=O) groups is 2. The van der Waals surface area contributed by atoms with Gasteiger partial charge in [-0.05, 0) is 48.0 Å². The molecular weight excluding hydrogens is 392 g/mol. The number of carbonyl (C=O) groups excluding carboxylic acids is 2. The summed E-state index contributed by atoms with van der Waals surface area (Å²) in [7, 11) is 1.48. The van der Waals surface area contributed by atoms with Crippen LogP contribution in [0, 0.1) is 0 Å². The molecule has 0 saturated carbocycles. The van der Waals surface area contributed by atoms with Crippen molar-refractivity contribution in [3.05, 3.63) is 48.0 Å². The van der Waals surface area contributed by atoms with Crippen LogP contribution in [0.25, 0.3) is 0 Å². The lowest BCUT2D eigenvalue weighted by molar-refractivity contribution is -0.114. The van der Waals surface area contributed by atoms with Crippen LogP contribution < -0.4 is 30.7 Å². The Morgan fingerprint density at radius 2 is 1.83 bits per heavy atom. The van der Waals surface area contributed by atoms with E-state index in [0.717, 1.165) is 0 Å². The molecule has 0 heterocycles. The number of ether oxygens (including phenoxy) is 3. The van der Waals surface area contributed by atoms with Crippen molar-refractivity contribution in [2.45, 2.75) is 13.0 Å². The van der Waals surface area contributed by atoms with E-state index >= 15 is 0 Å². The quantitative estimate of drug-likeness (QED) is 0.341. The molecule has 0 aliphatic rings. The van der Waals surface area contributed by atoms with Gasteiger partial charge in [0, 0.05) is 12.6 Å². The monoisotopic (exact) mass is 416 g/mol. The summed E-state index contributed by atoms with van der Waals surface area (Å²) in [5, 5.41) is 16.4. The second kappa shape index (κ2) is 11.3. The first-order valence-corrected chi connectivity index (χ1v) is 8.95. The highest BCUT2D eigenvalue weighted by Crippen LogP contribution is 2.27. The van der Waals surface area contributed by atoms with E-state index in [9.17, 15) is 14.7 Å². The molecule has 0 aliphatic heterocycles. The number of amides is 3. The summed E-state index contributed by atoms with van der Waals surface area (Å²) in [6.07, 6.45) is 0.516. The van der Waals surface area contributed by atoms with Crippen LogP contribution in [0.3, 0.4) is 0 Å². The highest BCUT2D eigenvalue weighted by atomic mass is 16.5. The van der Waals surface area contributed by atoms with E-state index in [2.05, 4.69) is 15.8 Å². The Balaban J connectivity index is 1.84. The van der Waals surface area contributed by atoms with Crippen molar-refractivity contribution in [1.29, 1.82) is 0 Å². The van der Waals surface area contributed by atoms with E-state index in [1.165, 1.54) is 20.2 Å². The van der Waals surface area contributed by atoms with Gasteiger partial charge in [0.15, 0.2) is 11.5 Å². The lowest BCUT2D eigenvalue weighted by Gasteiger charge is -2.15. The van der Waals surface area contributed by atoms with Crippen LogP contribution in [-0.4, -0.2) is 49.7 Å². The molecule has 0 fully saturated rings. The first kappa shape index (κ1) is 22.5. The zero-order valence-corrected chi connectivity index (χ0v) is 16.6. The number of hydrogen-bond donors (Lipinski definition) is 4. The van der Waals surface area contributed by atoms with Gasteiger partial charge >= 0.3 is 6.03 Å². The summed E-state index contributed by atoms with van der Waals surface area (Å²) >= 11 is 0. The van der Waals surface area contributed by atoms with Gasteiger partial charge in [0.1, 0.15) is 25.1 Å². The number of primary amides is 1. The fourth-order valence-electron chi connectivity index (χ4n) is 2.32. The Bertz CT molecular complexity index is 885. The number of hydrazone groups is 1. The lowest BCUT2D eigenvalue weighted by Crippen LogP contribution is -2.25. The van der Waals surface area contributed by atoms with Gasteiger partial charge in [-0.3, -0.25) is 4.79 Å². The van der Waals surface area contributed by atoms with E-state index in [1.807, 2.05) is 0 Å². The van der Waals surface area contributed by atoms with Crippen LogP contribution in [0.2, 0.25) is 0 Å². The van der Waals surface area contributed by atoms with Crippen molar-refractivity contribution in [3.63, 3.8) is 0 Å². The van der Waals surface area contributed by atoms with E-state index in [0.29, 0.717) is 28.5 Å². The molecule has 0 saturated heterocycles. The Morgan fingerprint density at radius 1 is 1.13 bits per heavy atom. The maximum absolute atomic E-state index is 11.0. The van der Waals surface area contributed by atoms with Crippen LogP contribution in [-0.2, 0) is 4.79 Å². The Morgan fingerprint density at radius 3 is 2.47 bits per heavy atom. The highest BCUT2D eigenvalue weighted by Gasteiger charge is 2.10.